The molecule has 3 heterocycles. The van der Waals surface area contributed by atoms with Crippen molar-refractivity contribution in [2.24, 2.45) is 0 Å². The Bertz CT molecular complexity index is 1110. The highest BCUT2D eigenvalue weighted by Crippen LogP contribution is 2.39. The number of piperidine rings is 1. The van der Waals surface area contributed by atoms with Crippen LogP contribution < -0.4 is 15.2 Å². The summed E-state index contributed by atoms with van der Waals surface area (Å²) in [6.07, 6.45) is 5.73. The molecule has 1 aromatic heterocycles. The fraction of sp³-hybridized carbons (Fsp3) is 0.542. The molecule has 5 rings (SSSR count). The minimum Gasteiger partial charge on any atom is -0.381 e. The van der Waals surface area contributed by atoms with Gasteiger partial charge in [0, 0.05) is 54.5 Å². The van der Waals surface area contributed by atoms with Crippen molar-refractivity contribution in [3.63, 3.8) is 0 Å². The molecule has 1 aliphatic carbocycles. The number of nitriles is 1. The van der Waals surface area contributed by atoms with Crippen LogP contribution in [0, 0.1) is 11.3 Å². The van der Waals surface area contributed by atoms with E-state index in [0.717, 1.165) is 44.0 Å². The summed E-state index contributed by atoms with van der Waals surface area (Å²) >= 11 is 10.1. The van der Waals surface area contributed by atoms with Crippen molar-refractivity contribution < 1.29 is 4.74 Å². The van der Waals surface area contributed by atoms with Crippen LogP contribution in [-0.2, 0) is 4.74 Å². The molecule has 2 saturated heterocycles. The number of aromatic nitrogens is 2. The lowest BCUT2D eigenvalue weighted by Gasteiger charge is -2.35. The zero-order valence-electron chi connectivity index (χ0n) is 19.4. The predicted octanol–water partition coefficient (Wildman–Crippen LogP) is 4.18. The number of hydrogen-bond donors (Lipinski definition) is 1. The average Bonchev–Trinajstić information content (AvgIpc) is 3.75. The van der Waals surface area contributed by atoms with Gasteiger partial charge in [0.2, 0.25) is 0 Å². The molecular formula is C24H29ClN6O2S2. The molecule has 3 fully saturated rings. The van der Waals surface area contributed by atoms with Crippen LogP contribution in [0.15, 0.2) is 35.3 Å². The largest absolute Gasteiger partial charge is 0.381 e. The van der Waals surface area contributed by atoms with Gasteiger partial charge in [-0.1, -0.05) is 11.6 Å². The van der Waals surface area contributed by atoms with E-state index in [4.69, 9.17) is 21.6 Å². The fourth-order valence-electron chi connectivity index (χ4n) is 4.32. The van der Waals surface area contributed by atoms with Crippen LogP contribution in [-0.4, -0.2) is 64.0 Å². The molecule has 2 aromatic rings. The van der Waals surface area contributed by atoms with Gasteiger partial charge >= 0.3 is 0 Å². The van der Waals surface area contributed by atoms with Gasteiger partial charge in [-0.2, -0.15) is 22.1 Å². The topological polar surface area (TPSA) is 86.4 Å². The first-order valence-corrected chi connectivity index (χ1v) is 14.2. The maximum atomic E-state index is 13.0. The Kier molecular flexibility index (Phi) is 8.10. The van der Waals surface area contributed by atoms with E-state index in [0.29, 0.717) is 35.7 Å². The Hall–Kier alpha value is -1.90. The number of anilines is 2. The van der Waals surface area contributed by atoms with Crippen molar-refractivity contribution in [1.29, 1.82) is 5.26 Å². The molecule has 1 N–H and O–H groups in total. The van der Waals surface area contributed by atoms with Crippen molar-refractivity contribution >= 4 is 46.9 Å². The molecular weight excluding hydrogens is 504 g/mol. The van der Waals surface area contributed by atoms with Crippen LogP contribution in [0.4, 0.5) is 11.4 Å². The van der Waals surface area contributed by atoms with E-state index in [2.05, 4.69) is 25.1 Å². The van der Waals surface area contributed by atoms with Gasteiger partial charge in [-0.05, 0) is 49.9 Å². The maximum absolute atomic E-state index is 13.0. The molecule has 11 heteroatoms. The van der Waals surface area contributed by atoms with Gasteiger partial charge in [0.15, 0.2) is 0 Å². The summed E-state index contributed by atoms with van der Waals surface area (Å²) in [4.78, 5) is 13.0. The molecule has 1 atom stereocenters. The quantitative estimate of drug-likeness (QED) is 0.503. The fourth-order valence-corrected chi connectivity index (χ4v) is 6.64. The van der Waals surface area contributed by atoms with E-state index in [-0.39, 0.29) is 16.6 Å². The lowest BCUT2D eigenvalue weighted by Crippen LogP contribution is -2.38. The summed E-state index contributed by atoms with van der Waals surface area (Å²) in [5.74, 6) is 0.989. The SMILES string of the molecule is N#Cc1ccc(N(SN2CCC(n3ncc(NC[C@H]4COCCS4)c(Cl)c3=O)CC2)C2CC2)cc1. The van der Waals surface area contributed by atoms with Crippen molar-refractivity contribution in [2.75, 3.05) is 48.2 Å². The van der Waals surface area contributed by atoms with E-state index in [1.165, 1.54) is 12.8 Å². The molecule has 0 bridgehead atoms. The molecule has 1 aromatic carbocycles. The van der Waals surface area contributed by atoms with Gasteiger partial charge in [0.05, 0.1) is 42.8 Å². The number of thioether (sulfide) groups is 1. The summed E-state index contributed by atoms with van der Waals surface area (Å²) in [7, 11) is 0. The average molecular weight is 533 g/mol. The summed E-state index contributed by atoms with van der Waals surface area (Å²) in [5.41, 5.74) is 2.17. The van der Waals surface area contributed by atoms with E-state index in [1.807, 2.05) is 36.0 Å². The van der Waals surface area contributed by atoms with Crippen molar-refractivity contribution in [3.05, 3.63) is 51.4 Å². The first-order valence-electron chi connectivity index (χ1n) is 12.1. The van der Waals surface area contributed by atoms with Gasteiger partial charge in [0.1, 0.15) is 5.02 Å². The second-order valence-electron chi connectivity index (χ2n) is 9.03. The number of benzene rings is 1. The summed E-state index contributed by atoms with van der Waals surface area (Å²) < 4.78 is 11.8. The first-order chi connectivity index (χ1) is 17.1. The standard InChI is InChI=1S/C24H29ClN6O2S2/c25-23-22(27-14-21-16-33-11-12-34-21)15-28-30(24(23)32)18-7-9-29(10-8-18)35-31(20-5-6-20)19-3-1-17(13-26)2-4-19/h1-4,15,18,20-21,27H,5-12,14,16H2/t21-/m0/s1. The molecule has 35 heavy (non-hydrogen) atoms. The minimum absolute atomic E-state index is 0.0393. The lowest BCUT2D eigenvalue weighted by atomic mass is 10.1. The Morgan fingerprint density at radius 2 is 2.03 bits per heavy atom. The molecule has 186 valence electrons. The first kappa shape index (κ1) is 24.8. The van der Waals surface area contributed by atoms with E-state index in [9.17, 15) is 4.79 Å². The normalized spacial score (nSPS) is 21.4. The molecule has 3 aliphatic rings. The predicted molar refractivity (Wildman–Crippen MR) is 143 cm³/mol. The third kappa shape index (κ3) is 6.09. The summed E-state index contributed by atoms with van der Waals surface area (Å²) in [6, 6.07) is 10.6. The monoisotopic (exact) mass is 532 g/mol. The number of halogens is 1. The summed E-state index contributed by atoms with van der Waals surface area (Å²) in [5, 5.41) is 17.4. The summed E-state index contributed by atoms with van der Waals surface area (Å²) in [6.45, 7) is 3.92. The highest BCUT2D eigenvalue weighted by molar-refractivity contribution is 8.00. The third-order valence-electron chi connectivity index (χ3n) is 6.45. The van der Waals surface area contributed by atoms with Gasteiger partial charge in [-0.3, -0.25) is 4.79 Å². The highest BCUT2D eigenvalue weighted by Gasteiger charge is 2.33. The van der Waals surface area contributed by atoms with Crippen LogP contribution in [0.2, 0.25) is 5.02 Å². The maximum Gasteiger partial charge on any atom is 0.287 e. The van der Waals surface area contributed by atoms with Crippen LogP contribution in [0.1, 0.15) is 37.3 Å². The second kappa shape index (κ2) is 11.4. The van der Waals surface area contributed by atoms with Crippen molar-refractivity contribution in [2.45, 2.75) is 43.0 Å². The van der Waals surface area contributed by atoms with E-state index >= 15 is 0 Å². The Morgan fingerprint density at radius 3 is 2.69 bits per heavy atom. The minimum atomic E-state index is -0.229. The van der Waals surface area contributed by atoms with Crippen LogP contribution in [0.3, 0.4) is 0 Å². The Balaban J connectivity index is 1.17. The zero-order valence-corrected chi connectivity index (χ0v) is 21.8. The Labute approximate surface area is 219 Å². The van der Waals surface area contributed by atoms with Crippen molar-refractivity contribution in [3.8, 4) is 6.07 Å². The number of rotatable bonds is 8. The molecule has 0 radical (unpaired) electrons. The second-order valence-corrected chi connectivity index (χ2v) is 11.9. The highest BCUT2D eigenvalue weighted by atomic mass is 35.5. The van der Waals surface area contributed by atoms with E-state index < -0.39 is 0 Å². The third-order valence-corrected chi connectivity index (χ3v) is 9.27. The number of ether oxygens (including phenoxy) is 1. The Morgan fingerprint density at radius 1 is 1.26 bits per heavy atom. The van der Waals surface area contributed by atoms with Gasteiger partial charge in [-0.25, -0.2) is 8.99 Å². The van der Waals surface area contributed by atoms with Gasteiger partial charge < -0.3 is 14.4 Å². The molecule has 0 unspecified atom stereocenters. The molecule has 8 nitrogen and oxygen atoms in total. The molecule has 2 aliphatic heterocycles. The van der Waals surface area contributed by atoms with E-state index in [1.54, 1.807) is 23.0 Å². The van der Waals surface area contributed by atoms with Crippen LogP contribution in [0.5, 0.6) is 0 Å². The zero-order chi connectivity index (χ0) is 24.2. The van der Waals surface area contributed by atoms with Crippen molar-refractivity contribution in [1.82, 2.24) is 14.1 Å². The number of nitrogens with zero attached hydrogens (tertiary/aromatic N) is 5. The van der Waals surface area contributed by atoms with Crippen LogP contribution >= 0.6 is 35.5 Å². The van der Waals surface area contributed by atoms with Crippen LogP contribution in [0.25, 0.3) is 0 Å². The van der Waals surface area contributed by atoms with Gasteiger partial charge in [0.25, 0.3) is 5.56 Å². The smallest absolute Gasteiger partial charge is 0.287 e. The number of nitrogens with one attached hydrogen (secondary N) is 1. The molecule has 1 saturated carbocycles. The lowest BCUT2D eigenvalue weighted by molar-refractivity contribution is 0.145. The molecule has 0 amide bonds. The van der Waals surface area contributed by atoms with Gasteiger partial charge in [-0.15, -0.1) is 0 Å². The number of hydrogen-bond acceptors (Lipinski definition) is 9. The molecule has 0 spiro atoms.